The molecule has 12 N–H and O–H groups in total. The third-order valence-corrected chi connectivity index (χ3v) is 16.5. The summed E-state index contributed by atoms with van der Waals surface area (Å²) < 4.78 is 34.2. The van der Waals surface area contributed by atoms with Crippen molar-refractivity contribution in [2.24, 2.45) is 0 Å². The predicted molar refractivity (Wildman–Crippen MR) is 337 cm³/mol. The molecule has 0 spiro atoms. The first-order valence-corrected chi connectivity index (χ1v) is 33.7. The number of hydrogen-bond acceptors (Lipinski definition) is 18. The molecule has 87 heavy (non-hydrogen) atoms. The molecule has 0 aromatic rings. The number of carbonyl (C=O) groups excluding carboxylic acids is 1. The van der Waals surface area contributed by atoms with E-state index in [1.54, 1.807) is 6.08 Å². The van der Waals surface area contributed by atoms with Crippen molar-refractivity contribution in [2.45, 2.75) is 324 Å². The molecule has 3 heterocycles. The first kappa shape index (κ1) is 78.5. The lowest BCUT2D eigenvalue weighted by atomic mass is 9.96. The highest BCUT2D eigenvalue weighted by atomic mass is 16.8. The number of aliphatic hydroxyl groups excluding tert-OH is 11. The van der Waals surface area contributed by atoms with E-state index in [4.69, 9.17) is 28.4 Å². The van der Waals surface area contributed by atoms with Crippen molar-refractivity contribution in [2.75, 3.05) is 26.4 Å². The zero-order valence-corrected chi connectivity index (χ0v) is 53.0. The number of carbonyl (C=O) groups is 1. The Labute approximate surface area is 521 Å². The van der Waals surface area contributed by atoms with Gasteiger partial charge in [0.25, 0.3) is 0 Å². The molecule has 3 fully saturated rings. The van der Waals surface area contributed by atoms with Crippen LogP contribution in [-0.2, 0) is 33.2 Å². The Morgan fingerprint density at radius 2 is 0.805 bits per heavy atom. The second-order valence-electron chi connectivity index (χ2n) is 23.9. The van der Waals surface area contributed by atoms with Crippen LogP contribution >= 0.6 is 0 Å². The average Bonchev–Trinajstić information content (AvgIpc) is 1.04. The number of ether oxygens (including phenoxy) is 6. The maximum absolute atomic E-state index is 13.3. The molecule has 0 bridgehead atoms. The summed E-state index contributed by atoms with van der Waals surface area (Å²) in [5.74, 6) is -0.288. The molecule has 3 rings (SSSR count). The quantitative estimate of drug-likeness (QED) is 0.0202. The zero-order chi connectivity index (χ0) is 63.3. The lowest BCUT2D eigenvalue weighted by molar-refractivity contribution is -0.379. The number of allylic oxidation sites excluding steroid dienone is 11. The summed E-state index contributed by atoms with van der Waals surface area (Å²) in [6.45, 7) is 1.53. The van der Waals surface area contributed by atoms with Gasteiger partial charge in [0, 0.05) is 6.42 Å². The van der Waals surface area contributed by atoms with Crippen LogP contribution in [-0.4, -0.2) is 193 Å². The minimum Gasteiger partial charge on any atom is -0.394 e. The van der Waals surface area contributed by atoms with E-state index in [0.717, 1.165) is 70.6 Å². The van der Waals surface area contributed by atoms with Crippen molar-refractivity contribution < 1.29 is 89.4 Å². The highest BCUT2D eigenvalue weighted by Crippen LogP contribution is 2.33. The molecule has 17 unspecified atom stereocenters. The maximum atomic E-state index is 13.3. The molecular formula is C68H119NO18. The molecule has 1 amide bonds. The van der Waals surface area contributed by atoms with E-state index < -0.39 is 124 Å². The van der Waals surface area contributed by atoms with Gasteiger partial charge in [0.2, 0.25) is 5.91 Å². The normalized spacial score (nSPS) is 29.0. The molecule has 19 nitrogen and oxygen atoms in total. The molecule has 17 atom stereocenters. The summed E-state index contributed by atoms with van der Waals surface area (Å²) >= 11 is 0. The Morgan fingerprint density at radius 3 is 1.29 bits per heavy atom. The topological polar surface area (TPSA) is 307 Å². The fraction of sp³-hybridized carbons (Fsp3) is 0.809. The predicted octanol–water partition coefficient (Wildman–Crippen LogP) is 8.16. The van der Waals surface area contributed by atoms with Crippen LogP contribution in [0.4, 0.5) is 0 Å². The monoisotopic (exact) mass is 1240 g/mol. The van der Waals surface area contributed by atoms with Gasteiger partial charge in [-0.3, -0.25) is 4.79 Å². The van der Waals surface area contributed by atoms with E-state index in [9.17, 15) is 61.0 Å². The Hall–Kier alpha value is -2.77. The summed E-state index contributed by atoms with van der Waals surface area (Å²) in [6.07, 6.45) is 35.1. The molecule has 0 aromatic carbocycles. The van der Waals surface area contributed by atoms with E-state index in [1.165, 1.54) is 116 Å². The third-order valence-electron chi connectivity index (χ3n) is 16.5. The summed E-state index contributed by atoms with van der Waals surface area (Å²) in [4.78, 5) is 13.3. The highest BCUT2D eigenvalue weighted by molar-refractivity contribution is 5.76. The average molecular weight is 1240 g/mol. The van der Waals surface area contributed by atoms with Crippen LogP contribution in [0.25, 0.3) is 0 Å². The van der Waals surface area contributed by atoms with Crippen LogP contribution in [0.1, 0.15) is 219 Å². The van der Waals surface area contributed by atoms with Gasteiger partial charge in [0.05, 0.1) is 38.6 Å². The number of unbranched alkanes of at least 4 members (excludes halogenated alkanes) is 24. The SMILES string of the molecule is CC/C=C\C/C=C\C/C=C\C/C=C\CCCCCCCCCCCCCCCCCCCCCCC(=O)NC(COC1OC(CO)C(OC2OC(CO)C(OC3OC(CO)C(O)C(O)C3O)C(O)C2O)C(O)C1O)C(O)/C=C/CC/C=C/CCCCC. The van der Waals surface area contributed by atoms with Crippen molar-refractivity contribution in [1.29, 1.82) is 0 Å². The molecule has 504 valence electrons. The molecule has 0 saturated carbocycles. The molecule has 0 aromatic heterocycles. The summed E-state index contributed by atoms with van der Waals surface area (Å²) in [5.41, 5.74) is 0. The van der Waals surface area contributed by atoms with Crippen molar-refractivity contribution in [3.63, 3.8) is 0 Å². The van der Waals surface area contributed by atoms with Gasteiger partial charge in [-0.25, -0.2) is 0 Å². The number of aliphatic hydroxyl groups is 11. The minimum atomic E-state index is -1.98. The van der Waals surface area contributed by atoms with Crippen LogP contribution in [0.3, 0.4) is 0 Å². The second-order valence-corrected chi connectivity index (χ2v) is 23.9. The van der Waals surface area contributed by atoms with Gasteiger partial charge < -0.3 is 89.9 Å². The lowest BCUT2D eigenvalue weighted by Crippen LogP contribution is -2.66. The third kappa shape index (κ3) is 32.4. The van der Waals surface area contributed by atoms with Crippen LogP contribution in [0.2, 0.25) is 0 Å². The molecule has 0 radical (unpaired) electrons. The van der Waals surface area contributed by atoms with Crippen LogP contribution < -0.4 is 5.32 Å². The maximum Gasteiger partial charge on any atom is 0.220 e. The van der Waals surface area contributed by atoms with E-state index in [2.05, 4.69) is 79.9 Å². The van der Waals surface area contributed by atoms with E-state index in [1.807, 2.05) is 6.08 Å². The van der Waals surface area contributed by atoms with Crippen LogP contribution in [0, 0.1) is 0 Å². The van der Waals surface area contributed by atoms with Gasteiger partial charge in [-0.05, 0) is 70.6 Å². The molecule has 0 aliphatic carbocycles. The van der Waals surface area contributed by atoms with Gasteiger partial charge in [-0.1, -0.05) is 215 Å². The standard InChI is InChI=1S/C68H119NO18/c1-3-5-7-9-11-13-14-15-16-17-18-19-20-21-22-23-24-25-26-27-28-29-30-31-32-33-34-35-36-38-40-42-44-46-56(74)69-51(52(73)45-43-41-39-37-12-10-8-6-4-2)50-82-66-62(80)59(77)64(54(48-71)84-66)87-68-63(81)60(78)65(55(49-72)85-68)86-67-61(79)58(76)57(75)53(47-70)83-67/h5,7,11-13,15-16,18-19,37,43,45,51-55,57-68,70-73,75-81H,3-4,6,8-10,14,17,20-36,38-42,44,46-50H2,1-2H3,(H,69,74)/b7-5-,13-11-,16-15-,19-18-,37-12+,45-43+. The largest absolute Gasteiger partial charge is 0.394 e. The van der Waals surface area contributed by atoms with E-state index >= 15 is 0 Å². The van der Waals surface area contributed by atoms with Gasteiger partial charge in [0.1, 0.15) is 73.2 Å². The zero-order valence-electron chi connectivity index (χ0n) is 53.0. The summed E-state index contributed by atoms with van der Waals surface area (Å²) in [7, 11) is 0. The smallest absolute Gasteiger partial charge is 0.220 e. The van der Waals surface area contributed by atoms with Crippen molar-refractivity contribution in [1.82, 2.24) is 5.32 Å². The van der Waals surface area contributed by atoms with Gasteiger partial charge >= 0.3 is 0 Å². The number of hydrogen-bond donors (Lipinski definition) is 12. The first-order valence-electron chi connectivity index (χ1n) is 33.7. The Balaban J connectivity index is 1.33. The highest BCUT2D eigenvalue weighted by Gasteiger charge is 2.53. The number of amides is 1. The van der Waals surface area contributed by atoms with Crippen LogP contribution in [0.5, 0.6) is 0 Å². The minimum absolute atomic E-state index is 0.235. The van der Waals surface area contributed by atoms with Crippen LogP contribution in [0.15, 0.2) is 72.9 Å². The number of rotatable bonds is 50. The van der Waals surface area contributed by atoms with Gasteiger partial charge in [-0.2, -0.15) is 0 Å². The molecule has 3 saturated heterocycles. The molecular weight excluding hydrogens is 1120 g/mol. The Bertz CT molecular complexity index is 1860. The first-order chi connectivity index (χ1) is 42.3. The van der Waals surface area contributed by atoms with Gasteiger partial charge in [0.15, 0.2) is 18.9 Å². The van der Waals surface area contributed by atoms with Crippen molar-refractivity contribution >= 4 is 5.91 Å². The summed E-state index contributed by atoms with van der Waals surface area (Å²) in [6, 6.07) is -0.989. The van der Waals surface area contributed by atoms with Crippen molar-refractivity contribution in [3.05, 3.63) is 72.9 Å². The van der Waals surface area contributed by atoms with Crippen molar-refractivity contribution in [3.8, 4) is 0 Å². The Kier molecular flexibility index (Phi) is 45.0. The number of nitrogens with one attached hydrogen (secondary N) is 1. The second kappa shape index (κ2) is 49.9. The Morgan fingerprint density at radius 1 is 0.425 bits per heavy atom. The summed E-state index contributed by atoms with van der Waals surface area (Å²) in [5, 5.41) is 120. The van der Waals surface area contributed by atoms with E-state index in [0.29, 0.717) is 12.8 Å². The van der Waals surface area contributed by atoms with E-state index in [-0.39, 0.29) is 18.9 Å². The fourth-order valence-corrected chi connectivity index (χ4v) is 11.0. The molecule has 3 aliphatic heterocycles. The lowest BCUT2D eigenvalue weighted by Gasteiger charge is -2.48. The van der Waals surface area contributed by atoms with Gasteiger partial charge in [-0.15, -0.1) is 0 Å². The molecule has 3 aliphatic rings. The fourth-order valence-electron chi connectivity index (χ4n) is 11.0. The molecule has 19 heteroatoms.